The Morgan fingerprint density at radius 3 is 1.13 bits per heavy atom. The molecule has 2 nitrogen and oxygen atoms in total. The maximum atomic E-state index is 2.63. The fourth-order valence-corrected chi connectivity index (χ4v) is 4.81. The molecule has 0 aromatic heterocycles. The van der Waals surface area contributed by atoms with Crippen molar-refractivity contribution in [2.24, 2.45) is 0 Å². The van der Waals surface area contributed by atoms with E-state index < -0.39 is 0 Å². The summed E-state index contributed by atoms with van der Waals surface area (Å²) in [6.07, 6.45) is 33.7. The zero-order valence-corrected chi connectivity index (χ0v) is 21.2. The molecule has 1 aliphatic heterocycles. The Morgan fingerprint density at radius 2 is 0.767 bits per heavy atom. The molecule has 0 aromatic rings. The maximum absolute atomic E-state index is 2.63. The number of nitrogens with zero attached hydrogens (tertiary/aromatic N) is 2. The summed E-state index contributed by atoms with van der Waals surface area (Å²) in [5, 5.41) is 0. The monoisotopic (exact) mass is 420 g/mol. The Labute approximate surface area is 190 Å². The predicted octanol–water partition coefficient (Wildman–Crippen LogP) is 9.26. The Bertz CT molecular complexity index is 379. The lowest BCUT2D eigenvalue weighted by molar-refractivity contribution is 0.138. The van der Waals surface area contributed by atoms with Gasteiger partial charge in [-0.25, -0.2) is 0 Å². The van der Waals surface area contributed by atoms with Crippen LogP contribution in [0.5, 0.6) is 0 Å². The minimum absolute atomic E-state index is 0.638. The van der Waals surface area contributed by atoms with Crippen LogP contribution in [-0.2, 0) is 0 Å². The van der Waals surface area contributed by atoms with Gasteiger partial charge in [0.1, 0.15) is 6.17 Å². The van der Waals surface area contributed by atoms with Crippen LogP contribution in [0.4, 0.5) is 0 Å². The van der Waals surface area contributed by atoms with Gasteiger partial charge in [0.15, 0.2) is 0 Å². The second-order valence-electron chi connectivity index (χ2n) is 9.70. The molecule has 0 bridgehead atoms. The van der Waals surface area contributed by atoms with E-state index in [9.17, 15) is 0 Å². The van der Waals surface area contributed by atoms with Crippen LogP contribution in [0.1, 0.15) is 149 Å². The first-order valence-electron chi connectivity index (χ1n) is 14.0. The van der Waals surface area contributed by atoms with Gasteiger partial charge in [0.25, 0.3) is 0 Å². The van der Waals surface area contributed by atoms with Gasteiger partial charge in [-0.1, -0.05) is 130 Å². The standard InChI is InChI=1S/C28H56N2/c1-4-7-9-11-12-13-14-15-16-17-18-19-20-22-25-30-27-26-29(28(30)23-6-3)24-21-10-8-5-2/h26-28H,4-25H2,1-3H3. The molecule has 1 atom stereocenters. The molecule has 0 saturated heterocycles. The second-order valence-corrected chi connectivity index (χ2v) is 9.70. The normalized spacial score (nSPS) is 16.2. The SMILES string of the molecule is CCCCCCCCCCCCCCCCN1C=CN(CCCCCC)C1CCC. The Hall–Kier alpha value is -0.660. The molecular formula is C28H56N2. The molecular weight excluding hydrogens is 364 g/mol. The Balaban J connectivity index is 1.97. The molecule has 1 aliphatic rings. The molecule has 30 heavy (non-hydrogen) atoms. The van der Waals surface area contributed by atoms with E-state index in [1.165, 1.54) is 142 Å². The van der Waals surface area contributed by atoms with Crippen LogP contribution in [0, 0.1) is 0 Å². The van der Waals surface area contributed by atoms with Crippen molar-refractivity contribution >= 4 is 0 Å². The van der Waals surface area contributed by atoms with Crippen molar-refractivity contribution in [1.29, 1.82) is 0 Å². The molecule has 0 fully saturated rings. The van der Waals surface area contributed by atoms with E-state index in [0.717, 1.165) is 0 Å². The highest BCUT2D eigenvalue weighted by molar-refractivity contribution is 4.96. The quantitative estimate of drug-likeness (QED) is 0.161. The van der Waals surface area contributed by atoms with E-state index in [1.54, 1.807) is 0 Å². The summed E-state index contributed by atoms with van der Waals surface area (Å²) in [6, 6.07) is 0. The number of rotatable bonds is 22. The van der Waals surface area contributed by atoms with E-state index in [0.29, 0.717) is 6.17 Å². The first-order valence-corrected chi connectivity index (χ1v) is 14.0. The van der Waals surface area contributed by atoms with Gasteiger partial charge in [0, 0.05) is 25.5 Å². The van der Waals surface area contributed by atoms with Crippen LogP contribution in [0.3, 0.4) is 0 Å². The molecule has 1 unspecified atom stereocenters. The van der Waals surface area contributed by atoms with Gasteiger partial charge in [-0.05, 0) is 19.3 Å². The van der Waals surface area contributed by atoms with Gasteiger partial charge in [-0.2, -0.15) is 0 Å². The van der Waals surface area contributed by atoms with E-state index in [2.05, 4.69) is 43.0 Å². The predicted molar refractivity (Wildman–Crippen MR) is 136 cm³/mol. The van der Waals surface area contributed by atoms with Gasteiger partial charge in [-0.15, -0.1) is 0 Å². The largest absolute Gasteiger partial charge is 0.356 e. The Morgan fingerprint density at radius 1 is 0.433 bits per heavy atom. The number of hydrogen-bond donors (Lipinski definition) is 0. The summed E-state index contributed by atoms with van der Waals surface area (Å²) < 4.78 is 0. The summed E-state index contributed by atoms with van der Waals surface area (Å²) in [5.41, 5.74) is 0. The van der Waals surface area contributed by atoms with Gasteiger partial charge < -0.3 is 9.80 Å². The van der Waals surface area contributed by atoms with Gasteiger partial charge >= 0.3 is 0 Å². The molecule has 0 spiro atoms. The highest BCUT2D eigenvalue weighted by atomic mass is 15.4. The first kappa shape index (κ1) is 27.4. The minimum atomic E-state index is 0.638. The molecule has 1 heterocycles. The topological polar surface area (TPSA) is 6.48 Å². The van der Waals surface area contributed by atoms with Crippen LogP contribution in [0.15, 0.2) is 12.4 Å². The highest BCUT2D eigenvalue weighted by Gasteiger charge is 2.24. The van der Waals surface area contributed by atoms with E-state index in [4.69, 9.17) is 0 Å². The van der Waals surface area contributed by atoms with E-state index >= 15 is 0 Å². The minimum Gasteiger partial charge on any atom is -0.356 e. The molecule has 0 radical (unpaired) electrons. The van der Waals surface area contributed by atoms with E-state index in [1.807, 2.05) is 0 Å². The van der Waals surface area contributed by atoms with E-state index in [-0.39, 0.29) is 0 Å². The molecule has 178 valence electrons. The smallest absolute Gasteiger partial charge is 0.101 e. The fraction of sp³-hybridized carbons (Fsp3) is 0.929. The zero-order valence-electron chi connectivity index (χ0n) is 21.2. The fourth-order valence-electron chi connectivity index (χ4n) is 4.81. The molecule has 2 heteroatoms. The van der Waals surface area contributed by atoms with Crippen molar-refractivity contribution in [1.82, 2.24) is 9.80 Å². The summed E-state index contributed by atoms with van der Waals surface area (Å²) in [7, 11) is 0. The summed E-state index contributed by atoms with van der Waals surface area (Å²) in [6.45, 7) is 9.43. The summed E-state index contributed by atoms with van der Waals surface area (Å²) in [4.78, 5) is 5.24. The number of hydrogen-bond acceptors (Lipinski definition) is 2. The van der Waals surface area contributed by atoms with Crippen LogP contribution in [0.2, 0.25) is 0 Å². The average Bonchev–Trinajstić information content (AvgIpc) is 3.13. The highest BCUT2D eigenvalue weighted by Crippen LogP contribution is 2.22. The molecule has 0 amide bonds. The average molecular weight is 421 g/mol. The van der Waals surface area contributed by atoms with Crippen LogP contribution in [-0.4, -0.2) is 29.1 Å². The van der Waals surface area contributed by atoms with Gasteiger partial charge in [0.05, 0.1) is 0 Å². The third kappa shape index (κ3) is 13.6. The lowest BCUT2D eigenvalue weighted by Gasteiger charge is -2.33. The molecule has 0 aliphatic carbocycles. The van der Waals surface area contributed by atoms with Crippen molar-refractivity contribution in [2.45, 2.75) is 155 Å². The van der Waals surface area contributed by atoms with Crippen molar-refractivity contribution < 1.29 is 0 Å². The van der Waals surface area contributed by atoms with Crippen LogP contribution in [0.25, 0.3) is 0 Å². The lowest BCUT2D eigenvalue weighted by atomic mass is 10.0. The molecule has 0 aromatic carbocycles. The van der Waals surface area contributed by atoms with Gasteiger partial charge in [-0.3, -0.25) is 0 Å². The Kier molecular flexibility index (Phi) is 18.5. The zero-order chi connectivity index (χ0) is 21.7. The lowest BCUT2D eigenvalue weighted by Crippen LogP contribution is -2.39. The second kappa shape index (κ2) is 20.3. The maximum Gasteiger partial charge on any atom is 0.101 e. The summed E-state index contributed by atoms with van der Waals surface area (Å²) in [5.74, 6) is 0. The van der Waals surface area contributed by atoms with Crippen molar-refractivity contribution in [3.8, 4) is 0 Å². The van der Waals surface area contributed by atoms with Gasteiger partial charge in [0.2, 0.25) is 0 Å². The third-order valence-corrected chi connectivity index (χ3v) is 6.80. The van der Waals surface area contributed by atoms with Crippen molar-refractivity contribution in [3.63, 3.8) is 0 Å². The van der Waals surface area contributed by atoms with Crippen LogP contribution >= 0.6 is 0 Å². The number of unbranched alkanes of at least 4 members (excludes halogenated alkanes) is 16. The molecule has 1 rings (SSSR count). The van der Waals surface area contributed by atoms with Crippen molar-refractivity contribution in [3.05, 3.63) is 12.4 Å². The third-order valence-electron chi connectivity index (χ3n) is 6.80. The molecule has 0 N–H and O–H groups in total. The van der Waals surface area contributed by atoms with Crippen LogP contribution < -0.4 is 0 Å². The van der Waals surface area contributed by atoms with Crippen molar-refractivity contribution in [2.75, 3.05) is 13.1 Å². The first-order chi connectivity index (χ1) is 14.8. The molecule has 0 saturated carbocycles. The summed E-state index contributed by atoms with van der Waals surface area (Å²) >= 11 is 0.